The first-order chi connectivity index (χ1) is 10.1. The number of H-pyrrole nitrogens is 2. The van der Waals surface area contributed by atoms with E-state index in [0.29, 0.717) is 10.6 Å². The van der Waals surface area contributed by atoms with E-state index < -0.39 is 17.2 Å². The third-order valence-corrected chi connectivity index (χ3v) is 2.75. The van der Waals surface area contributed by atoms with Crippen LogP contribution < -0.4 is 16.7 Å². The zero-order valence-electron chi connectivity index (χ0n) is 10.6. The van der Waals surface area contributed by atoms with Crippen molar-refractivity contribution in [1.29, 1.82) is 0 Å². The summed E-state index contributed by atoms with van der Waals surface area (Å²) in [5.74, 6) is -0.552. The second kappa shape index (κ2) is 6.62. The molecular weight excluding hydrogens is 298 g/mol. The number of aromatic nitrogens is 3. The Labute approximate surface area is 122 Å². The molecule has 0 unspecified atom stereocenters. The van der Waals surface area contributed by atoms with Crippen molar-refractivity contribution < 1.29 is 4.79 Å². The number of rotatable bonds is 4. The van der Waals surface area contributed by atoms with Crippen LogP contribution in [0.1, 0.15) is 11.3 Å². The average molecular weight is 308 g/mol. The van der Waals surface area contributed by atoms with Gasteiger partial charge in [-0.2, -0.15) is 10.2 Å². The lowest BCUT2D eigenvalue weighted by atomic mass is 10.2. The topological polar surface area (TPSA) is 120 Å². The monoisotopic (exact) mass is 307 g/mol. The van der Waals surface area contributed by atoms with Crippen LogP contribution in [0.3, 0.4) is 0 Å². The maximum absolute atomic E-state index is 11.6. The molecule has 0 bridgehead atoms. The minimum Gasteiger partial charge on any atom is -0.273 e. The van der Waals surface area contributed by atoms with Crippen molar-refractivity contribution in [2.24, 2.45) is 5.10 Å². The zero-order chi connectivity index (χ0) is 15.2. The molecule has 0 aliphatic heterocycles. The lowest BCUT2D eigenvalue weighted by molar-refractivity contribution is -0.120. The first-order valence-electron chi connectivity index (χ1n) is 5.80. The summed E-state index contributed by atoms with van der Waals surface area (Å²) < 4.78 is 0. The Kier molecular flexibility index (Phi) is 4.62. The first kappa shape index (κ1) is 14.7. The molecule has 3 N–H and O–H groups in total. The van der Waals surface area contributed by atoms with E-state index >= 15 is 0 Å². The minimum atomic E-state index is -0.735. The van der Waals surface area contributed by atoms with Gasteiger partial charge in [-0.05, 0) is 6.07 Å². The molecule has 0 atom stereocenters. The number of benzene rings is 1. The second-order valence-electron chi connectivity index (χ2n) is 3.95. The van der Waals surface area contributed by atoms with Crippen LogP contribution in [0.4, 0.5) is 0 Å². The Bertz CT molecular complexity index is 796. The van der Waals surface area contributed by atoms with Gasteiger partial charge in [0.25, 0.3) is 5.56 Å². The van der Waals surface area contributed by atoms with Gasteiger partial charge in [-0.3, -0.25) is 14.6 Å². The summed E-state index contributed by atoms with van der Waals surface area (Å²) in [5, 5.41) is 9.74. The number of nitrogens with zero attached hydrogens (tertiary/aromatic N) is 2. The Balaban J connectivity index is 1.98. The van der Waals surface area contributed by atoms with E-state index in [1.807, 2.05) is 10.1 Å². The number of carbonyl (C=O) groups excluding carboxylic acids is 1. The Hall–Kier alpha value is -2.74. The molecule has 0 saturated carbocycles. The van der Waals surface area contributed by atoms with Crippen molar-refractivity contribution in [2.75, 3.05) is 0 Å². The highest BCUT2D eigenvalue weighted by atomic mass is 35.5. The number of hydrogen-bond donors (Lipinski definition) is 3. The fourth-order valence-electron chi connectivity index (χ4n) is 1.44. The van der Waals surface area contributed by atoms with Crippen LogP contribution in [0.15, 0.2) is 39.0 Å². The quantitative estimate of drug-likeness (QED) is 0.535. The van der Waals surface area contributed by atoms with Gasteiger partial charge in [-0.25, -0.2) is 15.3 Å². The highest BCUT2D eigenvalue weighted by Crippen LogP contribution is 2.11. The number of carbonyl (C=O) groups is 1. The number of hydrogen-bond acceptors (Lipinski definition) is 5. The van der Waals surface area contributed by atoms with Gasteiger partial charge in [-0.1, -0.05) is 29.8 Å². The van der Waals surface area contributed by atoms with Crippen molar-refractivity contribution >= 4 is 23.7 Å². The summed E-state index contributed by atoms with van der Waals surface area (Å²) in [6.07, 6.45) is 1.07. The molecule has 108 valence electrons. The van der Waals surface area contributed by atoms with Crippen LogP contribution >= 0.6 is 11.6 Å². The molecule has 0 aliphatic carbocycles. The normalized spacial score (nSPS) is 10.7. The van der Waals surface area contributed by atoms with E-state index in [0.717, 1.165) is 0 Å². The molecule has 1 heterocycles. The van der Waals surface area contributed by atoms with E-state index in [1.165, 1.54) is 6.21 Å². The fourth-order valence-corrected chi connectivity index (χ4v) is 1.62. The molecule has 0 fully saturated rings. The molecular formula is C12H10ClN5O3. The predicted molar refractivity (Wildman–Crippen MR) is 76.4 cm³/mol. The number of aromatic amines is 2. The van der Waals surface area contributed by atoms with Gasteiger partial charge in [0.2, 0.25) is 5.91 Å². The van der Waals surface area contributed by atoms with Crippen molar-refractivity contribution in [3.05, 3.63) is 61.4 Å². The van der Waals surface area contributed by atoms with E-state index in [4.69, 9.17) is 11.6 Å². The van der Waals surface area contributed by atoms with Crippen LogP contribution in [-0.4, -0.2) is 27.3 Å². The summed E-state index contributed by atoms with van der Waals surface area (Å²) in [7, 11) is 0. The van der Waals surface area contributed by atoms with E-state index in [-0.39, 0.29) is 12.1 Å². The second-order valence-corrected chi connectivity index (χ2v) is 4.35. The maximum atomic E-state index is 11.6. The fraction of sp³-hybridized carbons (Fsp3) is 0.0833. The van der Waals surface area contributed by atoms with Crippen molar-refractivity contribution in [3.8, 4) is 0 Å². The van der Waals surface area contributed by atoms with Crippen LogP contribution in [0.25, 0.3) is 0 Å². The van der Waals surface area contributed by atoms with E-state index in [2.05, 4.69) is 15.6 Å². The largest absolute Gasteiger partial charge is 0.342 e. The van der Waals surface area contributed by atoms with Crippen molar-refractivity contribution in [1.82, 2.24) is 20.6 Å². The molecule has 8 nitrogen and oxygen atoms in total. The maximum Gasteiger partial charge on any atom is 0.342 e. The van der Waals surface area contributed by atoms with Crippen LogP contribution in [0.2, 0.25) is 5.02 Å². The minimum absolute atomic E-state index is 0.111. The van der Waals surface area contributed by atoms with Gasteiger partial charge in [0.1, 0.15) is 5.69 Å². The SMILES string of the molecule is O=C(Cc1n[nH]c(=O)[nH]c1=O)N/N=C\c1ccccc1Cl. The predicted octanol–water partition coefficient (Wildman–Crippen LogP) is -0.196. The summed E-state index contributed by atoms with van der Waals surface area (Å²) in [4.78, 5) is 35.7. The van der Waals surface area contributed by atoms with Gasteiger partial charge in [-0.15, -0.1) is 0 Å². The van der Waals surface area contributed by atoms with Crippen molar-refractivity contribution in [2.45, 2.75) is 6.42 Å². The highest BCUT2D eigenvalue weighted by Gasteiger charge is 2.08. The number of nitrogens with one attached hydrogen (secondary N) is 3. The van der Waals surface area contributed by atoms with Crippen molar-refractivity contribution in [3.63, 3.8) is 0 Å². The van der Waals surface area contributed by atoms with E-state index in [1.54, 1.807) is 24.3 Å². The number of amides is 1. The third-order valence-electron chi connectivity index (χ3n) is 2.41. The molecule has 0 radical (unpaired) electrons. The molecule has 2 aromatic rings. The Morgan fingerprint density at radius 2 is 2.14 bits per heavy atom. The van der Waals surface area contributed by atoms with Gasteiger partial charge in [0.05, 0.1) is 12.6 Å². The third kappa shape index (κ3) is 4.11. The molecule has 1 amide bonds. The van der Waals surface area contributed by atoms with Gasteiger partial charge >= 0.3 is 5.69 Å². The molecule has 1 aromatic heterocycles. The van der Waals surface area contributed by atoms with Crippen LogP contribution in [0.5, 0.6) is 0 Å². The summed E-state index contributed by atoms with van der Waals surface area (Å²) in [6, 6.07) is 6.96. The van der Waals surface area contributed by atoms with Crippen LogP contribution in [-0.2, 0) is 11.2 Å². The highest BCUT2D eigenvalue weighted by molar-refractivity contribution is 6.33. The lowest BCUT2D eigenvalue weighted by Crippen LogP contribution is -2.31. The van der Waals surface area contributed by atoms with Gasteiger partial charge in [0.15, 0.2) is 0 Å². The zero-order valence-corrected chi connectivity index (χ0v) is 11.3. The Morgan fingerprint density at radius 3 is 2.86 bits per heavy atom. The van der Waals surface area contributed by atoms with E-state index in [9.17, 15) is 14.4 Å². The standard InChI is InChI=1S/C12H10ClN5O3/c13-8-4-2-1-3-7(8)6-14-17-10(19)5-9-11(20)15-12(21)18-16-9/h1-4,6H,5H2,(H,17,19)(H2,15,18,20,21)/b14-6-. The summed E-state index contributed by atoms with van der Waals surface area (Å²) in [5.41, 5.74) is 1.31. The molecule has 9 heteroatoms. The number of hydrazone groups is 1. The Morgan fingerprint density at radius 1 is 1.38 bits per heavy atom. The first-order valence-corrected chi connectivity index (χ1v) is 6.18. The summed E-state index contributed by atoms with van der Waals surface area (Å²) in [6.45, 7) is 0. The molecule has 2 rings (SSSR count). The lowest BCUT2D eigenvalue weighted by Gasteiger charge is -1.99. The molecule has 1 aromatic carbocycles. The molecule has 0 saturated heterocycles. The molecule has 0 aliphatic rings. The van der Waals surface area contributed by atoms with Gasteiger partial charge < -0.3 is 0 Å². The molecule has 21 heavy (non-hydrogen) atoms. The smallest absolute Gasteiger partial charge is 0.273 e. The van der Waals surface area contributed by atoms with Gasteiger partial charge in [0, 0.05) is 10.6 Å². The molecule has 0 spiro atoms. The summed E-state index contributed by atoms with van der Waals surface area (Å²) >= 11 is 5.91. The van der Waals surface area contributed by atoms with Crippen LogP contribution in [0, 0.1) is 0 Å². The number of halogens is 1. The average Bonchev–Trinajstić information content (AvgIpc) is 2.44.